The second-order valence-electron chi connectivity index (χ2n) is 5.98. The Morgan fingerprint density at radius 2 is 1.92 bits per heavy atom. The predicted octanol–water partition coefficient (Wildman–Crippen LogP) is 4.46. The third-order valence-electron chi connectivity index (χ3n) is 4.15. The average Bonchev–Trinajstić information content (AvgIpc) is 2.97. The van der Waals surface area contributed by atoms with Crippen LogP contribution in [0.1, 0.15) is 40.6 Å². The minimum Gasteiger partial charge on any atom is -0.507 e. The van der Waals surface area contributed by atoms with E-state index in [-0.39, 0.29) is 29.4 Å². The SMILES string of the molecule is CCCc1cc(O)c2oc(C(=O)OCc3ccccc3)c(C)c2c1O. The number of rotatable bonds is 5. The molecule has 2 N–H and O–H groups in total. The molecule has 0 saturated heterocycles. The van der Waals surface area contributed by atoms with E-state index in [1.54, 1.807) is 6.92 Å². The van der Waals surface area contributed by atoms with E-state index in [4.69, 9.17) is 9.15 Å². The summed E-state index contributed by atoms with van der Waals surface area (Å²) in [6.07, 6.45) is 1.44. The van der Waals surface area contributed by atoms with Crippen molar-refractivity contribution in [2.24, 2.45) is 0 Å². The van der Waals surface area contributed by atoms with Gasteiger partial charge in [0.15, 0.2) is 11.3 Å². The molecule has 2 aromatic carbocycles. The molecule has 0 bridgehead atoms. The molecule has 0 aliphatic carbocycles. The van der Waals surface area contributed by atoms with Gasteiger partial charge in [-0.2, -0.15) is 0 Å². The fourth-order valence-corrected chi connectivity index (χ4v) is 2.88. The zero-order valence-corrected chi connectivity index (χ0v) is 14.2. The zero-order chi connectivity index (χ0) is 18.0. The summed E-state index contributed by atoms with van der Waals surface area (Å²) in [5.74, 6) is -0.696. The van der Waals surface area contributed by atoms with Gasteiger partial charge in [-0.15, -0.1) is 0 Å². The van der Waals surface area contributed by atoms with E-state index in [1.165, 1.54) is 6.07 Å². The Labute approximate surface area is 145 Å². The third kappa shape index (κ3) is 3.18. The first-order valence-electron chi connectivity index (χ1n) is 8.20. The number of aryl methyl sites for hydroxylation is 2. The molecular formula is C20H20O5. The van der Waals surface area contributed by atoms with Crippen molar-refractivity contribution in [2.45, 2.75) is 33.3 Å². The number of carbonyl (C=O) groups is 1. The van der Waals surface area contributed by atoms with Gasteiger partial charge in [-0.05, 0) is 30.5 Å². The highest BCUT2D eigenvalue weighted by Gasteiger charge is 2.24. The number of phenolic OH excluding ortho intramolecular Hbond substituents is 2. The number of hydrogen-bond donors (Lipinski definition) is 2. The molecule has 5 nitrogen and oxygen atoms in total. The molecule has 3 aromatic rings. The Kier molecular flexibility index (Phi) is 4.65. The van der Waals surface area contributed by atoms with Gasteiger partial charge >= 0.3 is 5.97 Å². The molecule has 0 aliphatic rings. The van der Waals surface area contributed by atoms with Crippen LogP contribution in [0.4, 0.5) is 0 Å². The maximum atomic E-state index is 12.4. The summed E-state index contributed by atoms with van der Waals surface area (Å²) in [5.41, 5.74) is 2.04. The van der Waals surface area contributed by atoms with Gasteiger partial charge in [0.05, 0.1) is 5.39 Å². The standard InChI is InChI=1S/C20H20O5/c1-3-7-14-10-15(21)19-16(17(14)22)12(2)18(25-19)20(23)24-11-13-8-5-4-6-9-13/h4-6,8-10,21-22H,3,7,11H2,1-2H3. The van der Waals surface area contributed by atoms with Gasteiger partial charge in [-0.1, -0.05) is 43.7 Å². The van der Waals surface area contributed by atoms with Crippen LogP contribution in [0, 0.1) is 6.92 Å². The molecule has 3 rings (SSSR count). The monoisotopic (exact) mass is 340 g/mol. The number of ether oxygens (including phenoxy) is 1. The first kappa shape index (κ1) is 16.9. The summed E-state index contributed by atoms with van der Waals surface area (Å²) < 4.78 is 10.8. The van der Waals surface area contributed by atoms with Gasteiger partial charge in [0.25, 0.3) is 0 Å². The van der Waals surface area contributed by atoms with Crippen LogP contribution in [0.3, 0.4) is 0 Å². The van der Waals surface area contributed by atoms with Crippen LogP contribution < -0.4 is 0 Å². The summed E-state index contributed by atoms with van der Waals surface area (Å²) in [4.78, 5) is 12.4. The Hall–Kier alpha value is -2.95. The van der Waals surface area contributed by atoms with E-state index in [1.807, 2.05) is 37.3 Å². The minimum atomic E-state index is -0.631. The minimum absolute atomic E-state index is 0.00909. The van der Waals surface area contributed by atoms with Crippen LogP contribution in [-0.4, -0.2) is 16.2 Å². The smallest absolute Gasteiger partial charge is 0.374 e. The van der Waals surface area contributed by atoms with Crippen molar-refractivity contribution in [3.63, 3.8) is 0 Å². The summed E-state index contributed by atoms with van der Waals surface area (Å²) in [6, 6.07) is 10.8. The topological polar surface area (TPSA) is 79.9 Å². The lowest BCUT2D eigenvalue weighted by molar-refractivity contribution is 0.0437. The second-order valence-corrected chi connectivity index (χ2v) is 5.98. The molecule has 25 heavy (non-hydrogen) atoms. The van der Waals surface area contributed by atoms with Crippen LogP contribution in [0.25, 0.3) is 11.0 Å². The van der Waals surface area contributed by atoms with Crippen molar-refractivity contribution < 1.29 is 24.2 Å². The second kappa shape index (κ2) is 6.89. The lowest BCUT2D eigenvalue weighted by atomic mass is 10.0. The number of fused-ring (bicyclic) bond motifs is 1. The number of esters is 1. The van der Waals surface area contributed by atoms with E-state index in [2.05, 4.69) is 0 Å². The van der Waals surface area contributed by atoms with Crippen molar-refractivity contribution in [3.8, 4) is 11.5 Å². The van der Waals surface area contributed by atoms with Crippen molar-refractivity contribution >= 4 is 16.9 Å². The van der Waals surface area contributed by atoms with E-state index < -0.39 is 5.97 Å². The molecule has 0 fully saturated rings. The number of carbonyl (C=O) groups excluding carboxylic acids is 1. The fraction of sp³-hybridized carbons (Fsp3) is 0.250. The first-order chi connectivity index (χ1) is 12.0. The van der Waals surface area contributed by atoms with E-state index in [0.717, 1.165) is 12.0 Å². The number of hydrogen-bond acceptors (Lipinski definition) is 5. The molecule has 0 aliphatic heterocycles. The summed E-state index contributed by atoms with van der Waals surface area (Å²) >= 11 is 0. The van der Waals surface area contributed by atoms with Gasteiger partial charge < -0.3 is 19.4 Å². The summed E-state index contributed by atoms with van der Waals surface area (Å²) in [5, 5.41) is 21.0. The Morgan fingerprint density at radius 3 is 2.60 bits per heavy atom. The van der Waals surface area contributed by atoms with Crippen molar-refractivity contribution in [2.75, 3.05) is 0 Å². The van der Waals surface area contributed by atoms with Crippen LogP contribution in [-0.2, 0) is 17.8 Å². The number of aromatic hydroxyl groups is 2. The highest BCUT2D eigenvalue weighted by Crippen LogP contribution is 2.41. The van der Waals surface area contributed by atoms with Crippen molar-refractivity contribution in [3.05, 3.63) is 58.8 Å². The lowest BCUT2D eigenvalue weighted by Crippen LogP contribution is -2.05. The van der Waals surface area contributed by atoms with Gasteiger partial charge in [0.1, 0.15) is 12.4 Å². The fourth-order valence-electron chi connectivity index (χ4n) is 2.88. The summed E-state index contributed by atoms with van der Waals surface area (Å²) in [6.45, 7) is 3.77. The molecule has 0 spiro atoms. The Morgan fingerprint density at radius 1 is 1.20 bits per heavy atom. The lowest BCUT2D eigenvalue weighted by Gasteiger charge is -2.05. The van der Waals surface area contributed by atoms with Crippen LogP contribution in [0.5, 0.6) is 11.5 Å². The molecule has 0 unspecified atom stereocenters. The Bertz CT molecular complexity index is 909. The molecule has 5 heteroatoms. The third-order valence-corrected chi connectivity index (χ3v) is 4.15. The molecule has 0 atom stereocenters. The molecule has 0 amide bonds. The number of furan rings is 1. The quantitative estimate of drug-likeness (QED) is 0.529. The van der Waals surface area contributed by atoms with Crippen LogP contribution in [0.15, 0.2) is 40.8 Å². The largest absolute Gasteiger partial charge is 0.507 e. The maximum absolute atomic E-state index is 12.4. The number of benzene rings is 2. The molecule has 1 aromatic heterocycles. The van der Waals surface area contributed by atoms with E-state index in [9.17, 15) is 15.0 Å². The first-order valence-corrected chi connectivity index (χ1v) is 8.20. The number of phenols is 2. The Balaban J connectivity index is 1.94. The predicted molar refractivity (Wildman–Crippen MR) is 93.8 cm³/mol. The molecule has 0 radical (unpaired) electrons. The molecular weight excluding hydrogens is 320 g/mol. The molecule has 130 valence electrons. The summed E-state index contributed by atoms with van der Waals surface area (Å²) in [7, 11) is 0. The van der Waals surface area contributed by atoms with Gasteiger partial charge in [-0.25, -0.2) is 4.79 Å². The van der Waals surface area contributed by atoms with E-state index >= 15 is 0 Å². The van der Waals surface area contributed by atoms with Gasteiger partial charge in [0.2, 0.25) is 5.76 Å². The van der Waals surface area contributed by atoms with Crippen LogP contribution >= 0.6 is 0 Å². The molecule has 1 heterocycles. The van der Waals surface area contributed by atoms with Gasteiger partial charge in [-0.3, -0.25) is 0 Å². The van der Waals surface area contributed by atoms with E-state index in [0.29, 0.717) is 22.9 Å². The van der Waals surface area contributed by atoms with Crippen molar-refractivity contribution in [1.29, 1.82) is 0 Å². The normalized spacial score (nSPS) is 11.0. The van der Waals surface area contributed by atoms with Gasteiger partial charge in [0, 0.05) is 5.56 Å². The maximum Gasteiger partial charge on any atom is 0.374 e. The van der Waals surface area contributed by atoms with Crippen molar-refractivity contribution in [1.82, 2.24) is 0 Å². The zero-order valence-electron chi connectivity index (χ0n) is 14.2. The highest BCUT2D eigenvalue weighted by molar-refractivity contribution is 6.00. The van der Waals surface area contributed by atoms with Crippen LogP contribution in [0.2, 0.25) is 0 Å². The average molecular weight is 340 g/mol. The molecule has 0 saturated carbocycles. The highest BCUT2D eigenvalue weighted by atomic mass is 16.5.